The molecule has 0 atom stereocenters. The summed E-state index contributed by atoms with van der Waals surface area (Å²) in [7, 11) is 0. The second-order valence-corrected chi connectivity index (χ2v) is 8.60. The van der Waals surface area contributed by atoms with Crippen LogP contribution in [0.5, 0.6) is 0 Å². The van der Waals surface area contributed by atoms with Gasteiger partial charge in [-0.3, -0.25) is 9.59 Å². The Morgan fingerprint density at radius 2 is 1.73 bits per heavy atom. The van der Waals surface area contributed by atoms with Crippen molar-refractivity contribution in [2.45, 2.75) is 32.7 Å². The Morgan fingerprint density at radius 3 is 2.42 bits per heavy atom. The van der Waals surface area contributed by atoms with Gasteiger partial charge in [-0.25, -0.2) is 8.78 Å². The van der Waals surface area contributed by atoms with Gasteiger partial charge in [-0.05, 0) is 61.1 Å². The first-order valence-electron chi connectivity index (χ1n) is 11.1. The van der Waals surface area contributed by atoms with Gasteiger partial charge in [-0.15, -0.1) is 0 Å². The van der Waals surface area contributed by atoms with Crippen LogP contribution in [0.4, 0.5) is 14.5 Å². The van der Waals surface area contributed by atoms with Gasteiger partial charge in [0.1, 0.15) is 11.6 Å². The van der Waals surface area contributed by atoms with E-state index < -0.39 is 17.5 Å². The predicted molar refractivity (Wildman–Crippen MR) is 124 cm³/mol. The molecule has 3 aromatic rings. The largest absolute Gasteiger partial charge is 0.356 e. The Bertz CT molecular complexity index is 1160. The minimum atomic E-state index is -0.912. The first kappa shape index (κ1) is 22.6. The van der Waals surface area contributed by atoms with Gasteiger partial charge < -0.3 is 10.2 Å². The number of hydrogen-bond acceptors (Lipinski definition) is 2. The Kier molecular flexibility index (Phi) is 6.82. The highest BCUT2D eigenvalue weighted by molar-refractivity contribution is 6.06. The summed E-state index contributed by atoms with van der Waals surface area (Å²) in [6.45, 7) is 2.87. The Morgan fingerprint density at radius 1 is 0.970 bits per heavy atom. The maximum Gasteiger partial charge on any atom is 0.261 e. The van der Waals surface area contributed by atoms with Crippen LogP contribution in [0.3, 0.4) is 0 Å². The third-order valence-electron chi connectivity index (χ3n) is 5.74. The molecule has 0 unspecified atom stereocenters. The number of carbonyl (C=O) groups is 2. The topological polar surface area (TPSA) is 49.4 Å². The van der Waals surface area contributed by atoms with Crippen LogP contribution in [0.2, 0.25) is 0 Å². The molecular formula is C27H26F2N2O2. The number of carbonyl (C=O) groups excluding carboxylic acids is 2. The number of nitrogens with zero attached hydrogens (tertiary/aromatic N) is 1. The van der Waals surface area contributed by atoms with Gasteiger partial charge in [-0.1, -0.05) is 42.0 Å². The van der Waals surface area contributed by atoms with Crippen LogP contribution in [0.15, 0.2) is 66.7 Å². The SMILES string of the molecule is Cc1ccc(CN(C(=O)c2ccc(F)cc2F)c2cccc(CC(=O)NCC3CC3)c2)cc1. The first-order valence-corrected chi connectivity index (χ1v) is 11.1. The molecule has 0 aliphatic heterocycles. The number of benzene rings is 3. The van der Waals surface area contributed by atoms with Gasteiger partial charge in [0.25, 0.3) is 5.91 Å². The predicted octanol–water partition coefficient (Wildman–Crippen LogP) is 5.19. The monoisotopic (exact) mass is 448 g/mol. The Balaban J connectivity index is 1.61. The summed E-state index contributed by atoms with van der Waals surface area (Å²) in [4.78, 5) is 27.1. The van der Waals surface area contributed by atoms with Crippen molar-refractivity contribution in [2.75, 3.05) is 11.4 Å². The van der Waals surface area contributed by atoms with Crippen LogP contribution in [0.25, 0.3) is 0 Å². The maximum atomic E-state index is 14.4. The fourth-order valence-electron chi connectivity index (χ4n) is 3.63. The minimum absolute atomic E-state index is 0.0694. The van der Waals surface area contributed by atoms with Crippen LogP contribution in [0, 0.1) is 24.5 Å². The highest BCUT2D eigenvalue weighted by atomic mass is 19.1. The lowest BCUT2D eigenvalue weighted by Crippen LogP contribution is -2.31. The Labute approximate surface area is 192 Å². The number of halogens is 2. The van der Waals surface area contributed by atoms with Crippen molar-refractivity contribution in [3.8, 4) is 0 Å². The van der Waals surface area contributed by atoms with Crippen LogP contribution >= 0.6 is 0 Å². The average Bonchev–Trinajstić information content (AvgIpc) is 3.62. The molecule has 0 bridgehead atoms. The van der Waals surface area contributed by atoms with Crippen molar-refractivity contribution < 1.29 is 18.4 Å². The number of anilines is 1. The van der Waals surface area contributed by atoms with Gasteiger partial charge in [0.2, 0.25) is 5.91 Å². The molecule has 1 saturated carbocycles. The molecule has 2 amide bonds. The zero-order valence-corrected chi connectivity index (χ0v) is 18.5. The Hall–Kier alpha value is -3.54. The van der Waals surface area contributed by atoms with Crippen molar-refractivity contribution in [3.05, 3.63) is 101 Å². The van der Waals surface area contributed by atoms with Crippen LogP contribution in [0.1, 0.15) is 39.9 Å². The van der Waals surface area contributed by atoms with Crippen LogP contribution in [-0.2, 0) is 17.8 Å². The second kappa shape index (κ2) is 9.94. The number of hydrogen-bond donors (Lipinski definition) is 1. The van der Waals surface area contributed by atoms with Gasteiger partial charge in [-0.2, -0.15) is 0 Å². The van der Waals surface area contributed by atoms with Gasteiger partial charge in [0, 0.05) is 18.3 Å². The van der Waals surface area contributed by atoms with Gasteiger partial charge in [0.05, 0.1) is 18.5 Å². The summed E-state index contributed by atoms with van der Waals surface area (Å²) in [6.07, 6.45) is 2.51. The van der Waals surface area contributed by atoms with E-state index in [2.05, 4.69) is 5.32 Å². The van der Waals surface area contributed by atoms with E-state index in [4.69, 9.17) is 0 Å². The number of amides is 2. The van der Waals surface area contributed by atoms with Crippen molar-refractivity contribution in [3.63, 3.8) is 0 Å². The zero-order chi connectivity index (χ0) is 23.4. The summed E-state index contributed by atoms with van der Waals surface area (Å²) < 4.78 is 27.8. The van der Waals surface area contributed by atoms with E-state index in [0.29, 0.717) is 24.2 Å². The maximum absolute atomic E-state index is 14.4. The molecule has 1 aliphatic carbocycles. The zero-order valence-electron chi connectivity index (χ0n) is 18.5. The normalized spacial score (nSPS) is 12.9. The minimum Gasteiger partial charge on any atom is -0.356 e. The molecule has 0 spiro atoms. The fourth-order valence-corrected chi connectivity index (χ4v) is 3.63. The molecule has 0 radical (unpaired) electrons. The molecule has 4 nitrogen and oxygen atoms in total. The third-order valence-corrected chi connectivity index (χ3v) is 5.74. The molecule has 1 N–H and O–H groups in total. The molecule has 6 heteroatoms. The van der Waals surface area contributed by atoms with Crippen LogP contribution in [-0.4, -0.2) is 18.4 Å². The summed E-state index contributed by atoms with van der Waals surface area (Å²) in [5.41, 5.74) is 3.03. The van der Waals surface area contributed by atoms with E-state index in [1.165, 1.54) is 4.90 Å². The molecular weight excluding hydrogens is 422 g/mol. The standard InChI is InChI=1S/C27H26F2N2O2/c1-18-5-7-20(8-6-18)17-31(27(33)24-12-11-22(28)15-25(24)29)23-4-2-3-21(13-23)14-26(32)30-16-19-9-10-19/h2-8,11-13,15,19H,9-10,14,16-17H2,1H3,(H,30,32). The number of rotatable bonds is 8. The van der Waals surface area contributed by atoms with Crippen molar-refractivity contribution in [2.24, 2.45) is 5.92 Å². The molecule has 0 heterocycles. The molecule has 0 aromatic heterocycles. The number of aryl methyl sites for hydroxylation is 1. The van der Waals surface area contributed by atoms with E-state index in [9.17, 15) is 18.4 Å². The lowest BCUT2D eigenvalue weighted by Gasteiger charge is -2.24. The summed E-state index contributed by atoms with van der Waals surface area (Å²) in [5, 5.41) is 2.94. The van der Waals surface area contributed by atoms with E-state index in [-0.39, 0.29) is 24.4 Å². The van der Waals surface area contributed by atoms with E-state index in [1.54, 1.807) is 18.2 Å². The van der Waals surface area contributed by atoms with Gasteiger partial charge in [0.15, 0.2) is 0 Å². The summed E-state index contributed by atoms with van der Waals surface area (Å²) >= 11 is 0. The summed E-state index contributed by atoms with van der Waals surface area (Å²) in [6, 6.07) is 17.8. The smallest absolute Gasteiger partial charge is 0.261 e. The quantitative estimate of drug-likeness (QED) is 0.516. The lowest BCUT2D eigenvalue weighted by atomic mass is 10.1. The van der Waals surface area contributed by atoms with E-state index in [1.807, 2.05) is 37.3 Å². The van der Waals surface area contributed by atoms with Crippen molar-refractivity contribution in [1.82, 2.24) is 5.32 Å². The molecule has 1 aliphatic rings. The highest BCUT2D eigenvalue weighted by Crippen LogP contribution is 2.27. The molecule has 0 saturated heterocycles. The number of nitrogens with one attached hydrogen (secondary N) is 1. The molecule has 1 fully saturated rings. The highest BCUT2D eigenvalue weighted by Gasteiger charge is 2.23. The summed E-state index contributed by atoms with van der Waals surface area (Å²) in [5.74, 6) is -1.71. The molecule has 3 aromatic carbocycles. The average molecular weight is 449 g/mol. The van der Waals surface area contributed by atoms with Crippen molar-refractivity contribution in [1.29, 1.82) is 0 Å². The first-order chi connectivity index (χ1) is 15.9. The fraction of sp³-hybridized carbons (Fsp3) is 0.259. The van der Waals surface area contributed by atoms with E-state index in [0.717, 1.165) is 41.7 Å². The molecule has 4 rings (SSSR count). The second-order valence-electron chi connectivity index (χ2n) is 8.60. The van der Waals surface area contributed by atoms with Crippen LogP contribution < -0.4 is 10.2 Å². The lowest BCUT2D eigenvalue weighted by molar-refractivity contribution is -0.120. The third kappa shape index (κ3) is 6.04. The van der Waals surface area contributed by atoms with Crippen molar-refractivity contribution >= 4 is 17.5 Å². The molecule has 170 valence electrons. The molecule has 33 heavy (non-hydrogen) atoms. The van der Waals surface area contributed by atoms with E-state index >= 15 is 0 Å². The van der Waals surface area contributed by atoms with Gasteiger partial charge >= 0.3 is 0 Å².